The van der Waals surface area contributed by atoms with Crippen molar-refractivity contribution in [1.29, 1.82) is 5.26 Å². The zero-order valence-corrected chi connectivity index (χ0v) is 10.7. The molecule has 2 rings (SSSR count). The average Bonchev–Trinajstić information content (AvgIpc) is 2.42. The summed E-state index contributed by atoms with van der Waals surface area (Å²) in [5.74, 6) is -0.442. The second-order valence-electron chi connectivity index (χ2n) is 4.19. The third kappa shape index (κ3) is 3.31. The summed E-state index contributed by atoms with van der Waals surface area (Å²) in [6, 6.07) is 13.0. The molecule has 0 radical (unpaired) electrons. The van der Waals surface area contributed by atoms with Gasteiger partial charge in [-0.1, -0.05) is 29.8 Å². The van der Waals surface area contributed by atoms with Gasteiger partial charge < -0.3 is 5.11 Å². The Bertz CT molecular complexity index is 636. The Balaban J connectivity index is 2.20. The lowest BCUT2D eigenvalue weighted by atomic mass is 10.00. The Kier molecular flexibility index (Phi) is 4.16. The summed E-state index contributed by atoms with van der Waals surface area (Å²) in [5, 5.41) is 19.2. The van der Waals surface area contributed by atoms with Gasteiger partial charge in [0.05, 0.1) is 17.7 Å². The number of aliphatic hydroxyl groups is 1. The second-order valence-corrected chi connectivity index (χ2v) is 4.63. The maximum absolute atomic E-state index is 13.6. The molecule has 0 aliphatic heterocycles. The van der Waals surface area contributed by atoms with Crippen molar-refractivity contribution in [3.05, 3.63) is 70.0 Å². The van der Waals surface area contributed by atoms with Gasteiger partial charge >= 0.3 is 0 Å². The quantitative estimate of drug-likeness (QED) is 0.930. The summed E-state index contributed by atoms with van der Waals surface area (Å²) >= 11 is 5.67. The summed E-state index contributed by atoms with van der Waals surface area (Å²) in [6.07, 6.45) is -0.721. The minimum absolute atomic E-state index is 0.137. The van der Waals surface area contributed by atoms with E-state index in [4.69, 9.17) is 16.9 Å². The highest BCUT2D eigenvalue weighted by Crippen LogP contribution is 2.22. The molecule has 4 heteroatoms. The van der Waals surface area contributed by atoms with E-state index in [1.165, 1.54) is 6.07 Å². The molecular weight excluding hydrogens is 265 g/mol. The molecule has 96 valence electrons. The van der Waals surface area contributed by atoms with Crippen molar-refractivity contribution in [1.82, 2.24) is 0 Å². The summed E-state index contributed by atoms with van der Waals surface area (Å²) in [7, 11) is 0. The minimum atomic E-state index is -0.857. The number of halogens is 2. The first kappa shape index (κ1) is 13.5. The molecule has 2 aromatic carbocycles. The second kappa shape index (κ2) is 5.83. The van der Waals surface area contributed by atoms with Gasteiger partial charge in [0, 0.05) is 11.4 Å². The maximum Gasteiger partial charge on any atom is 0.127 e. The number of hydrogen-bond donors (Lipinski definition) is 1. The van der Waals surface area contributed by atoms with Crippen molar-refractivity contribution < 1.29 is 9.50 Å². The Hall–Kier alpha value is -1.89. The standard InChI is InChI=1S/C15H11ClFNO/c16-13-5-4-11(14(17)8-13)7-15(19)12-3-1-2-10(6-12)9-18/h1-6,8,15,19H,7H2. The van der Waals surface area contributed by atoms with Crippen LogP contribution in [-0.2, 0) is 6.42 Å². The SMILES string of the molecule is N#Cc1cccc(C(O)Cc2ccc(Cl)cc2F)c1. The largest absolute Gasteiger partial charge is 0.388 e. The molecule has 2 aromatic rings. The summed E-state index contributed by atoms with van der Waals surface area (Å²) in [4.78, 5) is 0. The number of nitrogens with zero attached hydrogens (tertiary/aromatic N) is 1. The zero-order valence-electron chi connectivity index (χ0n) is 9.98. The van der Waals surface area contributed by atoms with E-state index in [9.17, 15) is 9.50 Å². The predicted octanol–water partition coefficient (Wildman–Crippen LogP) is 3.63. The molecule has 19 heavy (non-hydrogen) atoms. The van der Waals surface area contributed by atoms with Crippen molar-refractivity contribution in [3.63, 3.8) is 0 Å². The van der Waals surface area contributed by atoms with Gasteiger partial charge in [0.15, 0.2) is 0 Å². The minimum Gasteiger partial charge on any atom is -0.388 e. The van der Waals surface area contributed by atoms with Gasteiger partial charge in [0.1, 0.15) is 5.82 Å². The highest BCUT2D eigenvalue weighted by molar-refractivity contribution is 6.30. The van der Waals surface area contributed by atoms with E-state index in [1.54, 1.807) is 36.4 Å². The summed E-state index contributed by atoms with van der Waals surface area (Å²) in [6.45, 7) is 0. The molecule has 0 bridgehead atoms. The lowest BCUT2D eigenvalue weighted by molar-refractivity contribution is 0.177. The van der Waals surface area contributed by atoms with Crippen molar-refractivity contribution in [2.24, 2.45) is 0 Å². The van der Waals surface area contributed by atoms with Crippen LogP contribution in [0.5, 0.6) is 0 Å². The van der Waals surface area contributed by atoms with Crippen LogP contribution in [0.15, 0.2) is 42.5 Å². The van der Waals surface area contributed by atoms with Crippen LogP contribution in [0.3, 0.4) is 0 Å². The fraction of sp³-hybridized carbons (Fsp3) is 0.133. The van der Waals surface area contributed by atoms with Crippen LogP contribution in [0.2, 0.25) is 5.02 Å². The highest BCUT2D eigenvalue weighted by Gasteiger charge is 2.12. The maximum atomic E-state index is 13.6. The van der Waals surface area contributed by atoms with Crippen LogP contribution in [-0.4, -0.2) is 5.11 Å². The van der Waals surface area contributed by atoms with E-state index in [0.717, 1.165) is 0 Å². The highest BCUT2D eigenvalue weighted by atomic mass is 35.5. The first-order valence-corrected chi connectivity index (χ1v) is 6.10. The third-order valence-electron chi connectivity index (χ3n) is 2.83. The summed E-state index contributed by atoms with van der Waals surface area (Å²) in [5.41, 5.74) is 1.45. The van der Waals surface area contributed by atoms with Gasteiger partial charge in [-0.2, -0.15) is 5.26 Å². The van der Waals surface area contributed by atoms with Crippen molar-refractivity contribution in [2.45, 2.75) is 12.5 Å². The molecule has 0 saturated heterocycles. The lowest BCUT2D eigenvalue weighted by Crippen LogP contribution is -2.03. The molecule has 1 unspecified atom stereocenters. The van der Waals surface area contributed by atoms with Crippen LogP contribution < -0.4 is 0 Å². The Morgan fingerprint density at radius 3 is 2.74 bits per heavy atom. The fourth-order valence-corrected chi connectivity index (χ4v) is 1.99. The van der Waals surface area contributed by atoms with E-state index in [-0.39, 0.29) is 6.42 Å². The number of aliphatic hydroxyl groups excluding tert-OH is 1. The molecule has 0 amide bonds. The van der Waals surface area contributed by atoms with E-state index < -0.39 is 11.9 Å². The van der Waals surface area contributed by atoms with E-state index in [2.05, 4.69) is 0 Å². The van der Waals surface area contributed by atoms with Gasteiger partial charge in [0.25, 0.3) is 0 Å². The van der Waals surface area contributed by atoms with Crippen LogP contribution in [0.25, 0.3) is 0 Å². The molecule has 1 N–H and O–H groups in total. The van der Waals surface area contributed by atoms with Crippen molar-refractivity contribution in [3.8, 4) is 6.07 Å². The van der Waals surface area contributed by atoms with Crippen molar-refractivity contribution >= 4 is 11.6 Å². The lowest BCUT2D eigenvalue weighted by Gasteiger charge is -2.12. The number of nitriles is 1. The van der Waals surface area contributed by atoms with Gasteiger partial charge in [-0.05, 0) is 35.4 Å². The predicted molar refractivity (Wildman–Crippen MR) is 71.2 cm³/mol. The first-order chi connectivity index (χ1) is 9.10. The molecule has 0 fully saturated rings. The van der Waals surface area contributed by atoms with Gasteiger partial charge in [-0.3, -0.25) is 0 Å². The van der Waals surface area contributed by atoms with E-state index >= 15 is 0 Å². The van der Waals surface area contributed by atoms with Crippen LogP contribution in [0, 0.1) is 17.1 Å². The van der Waals surface area contributed by atoms with Crippen LogP contribution in [0.1, 0.15) is 22.8 Å². The van der Waals surface area contributed by atoms with E-state index in [0.29, 0.717) is 21.7 Å². The fourth-order valence-electron chi connectivity index (χ4n) is 1.83. The Morgan fingerprint density at radius 1 is 1.26 bits per heavy atom. The third-order valence-corrected chi connectivity index (χ3v) is 3.06. The Morgan fingerprint density at radius 2 is 2.05 bits per heavy atom. The molecule has 0 aliphatic carbocycles. The topological polar surface area (TPSA) is 44.0 Å². The molecule has 1 atom stereocenters. The zero-order chi connectivity index (χ0) is 13.8. The normalized spacial score (nSPS) is 11.9. The molecular formula is C15H11ClFNO. The molecule has 2 nitrogen and oxygen atoms in total. The molecule has 0 heterocycles. The molecule has 0 aromatic heterocycles. The number of hydrogen-bond acceptors (Lipinski definition) is 2. The molecule has 0 aliphatic rings. The van der Waals surface area contributed by atoms with Crippen molar-refractivity contribution in [2.75, 3.05) is 0 Å². The van der Waals surface area contributed by atoms with Gasteiger partial charge in [-0.15, -0.1) is 0 Å². The smallest absolute Gasteiger partial charge is 0.127 e. The number of benzene rings is 2. The van der Waals surface area contributed by atoms with Crippen LogP contribution >= 0.6 is 11.6 Å². The molecule has 0 spiro atoms. The van der Waals surface area contributed by atoms with Gasteiger partial charge in [0.2, 0.25) is 0 Å². The molecule has 0 saturated carbocycles. The average molecular weight is 276 g/mol. The van der Waals surface area contributed by atoms with E-state index in [1.807, 2.05) is 6.07 Å². The van der Waals surface area contributed by atoms with Gasteiger partial charge in [-0.25, -0.2) is 4.39 Å². The Labute approximate surface area is 115 Å². The van der Waals surface area contributed by atoms with Crippen LogP contribution in [0.4, 0.5) is 4.39 Å². The monoisotopic (exact) mass is 275 g/mol. The first-order valence-electron chi connectivity index (χ1n) is 5.72. The summed E-state index contributed by atoms with van der Waals surface area (Å²) < 4.78 is 13.6. The number of rotatable bonds is 3.